The SMILES string of the molecule is COc1ccc(Cl)cc1N1C(=NC(=O)C(C)C)S[C@@H]2CS(=O)(=O)C[C@@H]21. The predicted octanol–water partition coefficient (Wildman–Crippen LogP) is 2.61. The van der Waals surface area contributed by atoms with Gasteiger partial charge in [0.05, 0.1) is 30.3 Å². The molecule has 2 fully saturated rings. The highest BCUT2D eigenvalue weighted by Crippen LogP contribution is 2.44. The zero-order valence-corrected chi connectivity index (χ0v) is 16.5. The molecule has 0 aromatic heterocycles. The maximum atomic E-state index is 12.1. The van der Waals surface area contributed by atoms with E-state index in [1.54, 1.807) is 36.9 Å². The lowest BCUT2D eigenvalue weighted by atomic mass is 10.2. The van der Waals surface area contributed by atoms with Crippen LogP contribution in [-0.2, 0) is 14.6 Å². The molecule has 0 saturated carbocycles. The normalized spacial score (nSPS) is 26.3. The number of amides is 1. The number of methoxy groups -OCH3 is 1. The highest BCUT2D eigenvalue weighted by Gasteiger charge is 2.50. The van der Waals surface area contributed by atoms with Gasteiger partial charge in [0.2, 0.25) is 0 Å². The topological polar surface area (TPSA) is 76.0 Å². The Morgan fingerprint density at radius 3 is 2.76 bits per heavy atom. The monoisotopic (exact) mass is 402 g/mol. The van der Waals surface area contributed by atoms with Crippen LogP contribution in [0.5, 0.6) is 5.75 Å². The number of thioether (sulfide) groups is 1. The summed E-state index contributed by atoms with van der Waals surface area (Å²) in [5.41, 5.74) is 0.627. The Morgan fingerprint density at radius 2 is 2.12 bits per heavy atom. The molecule has 0 radical (unpaired) electrons. The molecule has 9 heteroatoms. The highest BCUT2D eigenvalue weighted by atomic mass is 35.5. The summed E-state index contributed by atoms with van der Waals surface area (Å²) in [5.74, 6) is 0.183. The third-order valence-electron chi connectivity index (χ3n) is 4.17. The fourth-order valence-electron chi connectivity index (χ4n) is 2.92. The van der Waals surface area contributed by atoms with Crippen LogP contribution in [0.3, 0.4) is 0 Å². The van der Waals surface area contributed by atoms with Gasteiger partial charge in [0.15, 0.2) is 15.0 Å². The number of fused-ring (bicyclic) bond motifs is 1. The zero-order chi connectivity index (χ0) is 18.4. The van der Waals surface area contributed by atoms with Crippen molar-refractivity contribution in [1.29, 1.82) is 0 Å². The lowest BCUT2D eigenvalue weighted by Gasteiger charge is -2.26. The molecule has 1 amide bonds. The molecule has 3 rings (SSSR count). The van der Waals surface area contributed by atoms with Crippen LogP contribution in [-0.4, -0.2) is 49.4 Å². The van der Waals surface area contributed by atoms with Crippen molar-refractivity contribution in [2.24, 2.45) is 10.9 Å². The number of sulfone groups is 1. The molecule has 0 spiro atoms. The van der Waals surface area contributed by atoms with Gasteiger partial charge in [-0.1, -0.05) is 37.2 Å². The fraction of sp³-hybridized carbons (Fsp3) is 0.500. The minimum absolute atomic E-state index is 0.0230. The highest BCUT2D eigenvalue weighted by molar-refractivity contribution is 8.16. The van der Waals surface area contributed by atoms with Gasteiger partial charge >= 0.3 is 0 Å². The minimum Gasteiger partial charge on any atom is -0.495 e. The number of ether oxygens (including phenoxy) is 1. The standard InChI is InChI=1S/C16H19ClN2O4S2/c1-9(2)15(20)18-16-19(11-6-10(17)4-5-13(11)23-3)12-7-25(21,22)8-14(12)24-16/h4-6,9,12,14H,7-8H2,1-3H3/t12-,14+/m0/s1. The van der Waals surface area contributed by atoms with Crippen molar-refractivity contribution < 1.29 is 17.9 Å². The van der Waals surface area contributed by atoms with E-state index in [-0.39, 0.29) is 34.6 Å². The first kappa shape index (κ1) is 18.5. The molecule has 2 saturated heterocycles. The number of anilines is 1. The summed E-state index contributed by atoms with van der Waals surface area (Å²) in [6.07, 6.45) is 0. The first-order valence-electron chi connectivity index (χ1n) is 7.84. The quantitative estimate of drug-likeness (QED) is 0.773. The number of hydrogen-bond acceptors (Lipinski definition) is 5. The number of carbonyl (C=O) groups is 1. The third kappa shape index (κ3) is 3.66. The van der Waals surface area contributed by atoms with E-state index in [4.69, 9.17) is 16.3 Å². The first-order chi connectivity index (χ1) is 11.7. The van der Waals surface area contributed by atoms with E-state index in [9.17, 15) is 13.2 Å². The van der Waals surface area contributed by atoms with Gasteiger partial charge < -0.3 is 9.64 Å². The Morgan fingerprint density at radius 1 is 1.40 bits per heavy atom. The van der Waals surface area contributed by atoms with Crippen LogP contribution in [0.2, 0.25) is 5.02 Å². The molecule has 2 aliphatic rings. The molecule has 1 aromatic rings. The second-order valence-corrected chi connectivity index (χ2v) is 10.2. The number of amidine groups is 1. The molecule has 25 heavy (non-hydrogen) atoms. The Bertz CT molecular complexity index is 839. The molecule has 0 N–H and O–H groups in total. The molecule has 136 valence electrons. The van der Waals surface area contributed by atoms with Crippen molar-refractivity contribution in [1.82, 2.24) is 0 Å². The summed E-state index contributed by atoms with van der Waals surface area (Å²) in [4.78, 5) is 18.2. The Hall–Kier alpha value is -1.25. The molecular weight excluding hydrogens is 384 g/mol. The zero-order valence-electron chi connectivity index (χ0n) is 14.1. The Kier molecular flexibility index (Phi) is 5.05. The van der Waals surface area contributed by atoms with Crippen LogP contribution in [0.15, 0.2) is 23.2 Å². The third-order valence-corrected chi connectivity index (χ3v) is 7.61. The lowest BCUT2D eigenvalue weighted by molar-refractivity contribution is -0.120. The number of nitrogens with zero attached hydrogens (tertiary/aromatic N) is 2. The van der Waals surface area contributed by atoms with Gasteiger partial charge in [0, 0.05) is 16.2 Å². The van der Waals surface area contributed by atoms with Gasteiger partial charge in [-0.25, -0.2) is 8.42 Å². The van der Waals surface area contributed by atoms with Crippen molar-refractivity contribution in [2.75, 3.05) is 23.5 Å². The molecule has 2 atom stereocenters. The van der Waals surface area contributed by atoms with E-state index in [1.165, 1.54) is 18.9 Å². The summed E-state index contributed by atoms with van der Waals surface area (Å²) in [5, 5.41) is 0.844. The van der Waals surface area contributed by atoms with Gasteiger partial charge in [-0.15, -0.1) is 0 Å². The number of rotatable bonds is 3. The van der Waals surface area contributed by atoms with Gasteiger partial charge in [-0.05, 0) is 18.2 Å². The molecule has 1 aromatic carbocycles. The summed E-state index contributed by atoms with van der Waals surface area (Å²) >= 11 is 7.48. The van der Waals surface area contributed by atoms with E-state index in [0.29, 0.717) is 21.6 Å². The second-order valence-electron chi connectivity index (χ2n) is 6.37. The van der Waals surface area contributed by atoms with E-state index < -0.39 is 9.84 Å². The van der Waals surface area contributed by atoms with Crippen molar-refractivity contribution in [3.63, 3.8) is 0 Å². The average Bonchev–Trinajstić information content (AvgIpc) is 2.97. The number of aliphatic imine (C=N–C) groups is 1. The number of benzene rings is 1. The average molecular weight is 403 g/mol. The van der Waals surface area contributed by atoms with Crippen LogP contribution < -0.4 is 9.64 Å². The number of hydrogen-bond donors (Lipinski definition) is 0. The molecule has 0 bridgehead atoms. The number of halogens is 1. The van der Waals surface area contributed by atoms with E-state index in [2.05, 4.69) is 4.99 Å². The van der Waals surface area contributed by atoms with Crippen LogP contribution in [0.25, 0.3) is 0 Å². The van der Waals surface area contributed by atoms with Crippen molar-refractivity contribution >= 4 is 50.0 Å². The fourth-order valence-corrected chi connectivity index (χ4v) is 7.00. The smallest absolute Gasteiger partial charge is 0.250 e. The van der Waals surface area contributed by atoms with E-state index in [1.807, 2.05) is 0 Å². The number of carbonyl (C=O) groups excluding carboxylic acids is 1. The molecule has 2 aliphatic heterocycles. The van der Waals surface area contributed by atoms with Crippen molar-refractivity contribution in [2.45, 2.75) is 25.1 Å². The van der Waals surface area contributed by atoms with E-state index in [0.717, 1.165) is 0 Å². The molecule has 2 heterocycles. The minimum atomic E-state index is -3.12. The lowest BCUT2D eigenvalue weighted by Crippen LogP contribution is -2.38. The van der Waals surface area contributed by atoms with Gasteiger partial charge in [-0.2, -0.15) is 4.99 Å². The molecule has 0 unspecified atom stereocenters. The largest absolute Gasteiger partial charge is 0.495 e. The van der Waals surface area contributed by atoms with Crippen molar-refractivity contribution in [3.05, 3.63) is 23.2 Å². The van der Waals surface area contributed by atoms with Crippen LogP contribution in [0, 0.1) is 5.92 Å². The predicted molar refractivity (Wildman–Crippen MR) is 102 cm³/mol. The molecule has 6 nitrogen and oxygen atoms in total. The first-order valence-corrected chi connectivity index (χ1v) is 10.9. The van der Waals surface area contributed by atoms with Crippen LogP contribution in [0.1, 0.15) is 13.8 Å². The summed E-state index contributed by atoms with van der Waals surface area (Å²) < 4.78 is 29.6. The Balaban J connectivity index is 2.10. The summed E-state index contributed by atoms with van der Waals surface area (Å²) in [7, 11) is -1.58. The maximum Gasteiger partial charge on any atom is 0.250 e. The van der Waals surface area contributed by atoms with Gasteiger partial charge in [0.1, 0.15) is 5.75 Å². The summed E-state index contributed by atoms with van der Waals surface area (Å²) in [6, 6.07) is 4.84. The molecule has 0 aliphatic carbocycles. The van der Waals surface area contributed by atoms with E-state index >= 15 is 0 Å². The molecular formula is C16H19ClN2O4S2. The second kappa shape index (κ2) is 6.81. The van der Waals surface area contributed by atoms with Crippen LogP contribution in [0.4, 0.5) is 5.69 Å². The van der Waals surface area contributed by atoms with Gasteiger partial charge in [-0.3, -0.25) is 4.79 Å². The Labute approximate surface area is 156 Å². The maximum absolute atomic E-state index is 12.1. The van der Waals surface area contributed by atoms with Crippen molar-refractivity contribution in [3.8, 4) is 5.75 Å². The van der Waals surface area contributed by atoms with Gasteiger partial charge in [0.25, 0.3) is 5.91 Å². The summed E-state index contributed by atoms with van der Waals surface area (Å²) in [6.45, 7) is 3.56. The van der Waals surface area contributed by atoms with Crippen LogP contribution >= 0.6 is 23.4 Å².